The van der Waals surface area contributed by atoms with Gasteiger partial charge in [0.15, 0.2) is 18.1 Å². The summed E-state index contributed by atoms with van der Waals surface area (Å²) in [5.74, 6) is 0.267. The number of amides is 1. The van der Waals surface area contributed by atoms with Gasteiger partial charge < -0.3 is 14.6 Å². The van der Waals surface area contributed by atoms with Gasteiger partial charge in [-0.2, -0.15) is 5.10 Å². The quantitative estimate of drug-likeness (QED) is 0.363. The molecule has 0 saturated heterocycles. The van der Waals surface area contributed by atoms with E-state index in [0.717, 1.165) is 0 Å². The van der Waals surface area contributed by atoms with E-state index in [9.17, 15) is 9.90 Å². The first-order valence-electron chi connectivity index (χ1n) is 6.87. The average molecular weight is 495 g/mol. The molecule has 0 atom stereocenters. The third-order valence-corrected chi connectivity index (χ3v) is 4.28. The van der Waals surface area contributed by atoms with Gasteiger partial charge in [-0.05, 0) is 58.5 Å². The molecule has 1 amide bonds. The van der Waals surface area contributed by atoms with Crippen molar-refractivity contribution in [1.82, 2.24) is 5.43 Å². The molecule has 132 valence electrons. The maximum absolute atomic E-state index is 11.7. The summed E-state index contributed by atoms with van der Waals surface area (Å²) >= 11 is 13.7. The van der Waals surface area contributed by atoms with E-state index in [1.165, 1.54) is 19.4 Å². The molecule has 9 heteroatoms. The summed E-state index contributed by atoms with van der Waals surface area (Å²) in [6.07, 6.45) is 1.43. The molecule has 2 aromatic carbocycles. The van der Waals surface area contributed by atoms with Crippen LogP contribution in [0.1, 0.15) is 5.56 Å². The van der Waals surface area contributed by atoms with Crippen LogP contribution >= 0.6 is 45.8 Å². The SMILES string of the molecule is COc1cc(/C=N/NC(=O)COc2ccc(Cl)cc2Cl)cc(I)c1O. The van der Waals surface area contributed by atoms with Gasteiger partial charge in [0.05, 0.1) is 21.9 Å². The lowest BCUT2D eigenvalue weighted by molar-refractivity contribution is -0.123. The highest BCUT2D eigenvalue weighted by Gasteiger charge is 2.08. The van der Waals surface area contributed by atoms with Crippen LogP contribution in [-0.4, -0.2) is 30.9 Å². The Balaban J connectivity index is 1.91. The lowest BCUT2D eigenvalue weighted by Gasteiger charge is -2.07. The number of nitrogens with one attached hydrogen (secondary N) is 1. The third kappa shape index (κ3) is 5.65. The highest BCUT2D eigenvalue weighted by molar-refractivity contribution is 14.1. The number of benzene rings is 2. The number of hydrogen-bond acceptors (Lipinski definition) is 5. The fourth-order valence-corrected chi connectivity index (χ4v) is 2.86. The van der Waals surface area contributed by atoms with E-state index in [0.29, 0.717) is 30.7 Å². The number of hydrazone groups is 1. The zero-order chi connectivity index (χ0) is 18.4. The van der Waals surface area contributed by atoms with Gasteiger partial charge in [-0.15, -0.1) is 0 Å². The number of aromatic hydroxyl groups is 1. The average Bonchev–Trinajstić information content (AvgIpc) is 2.57. The van der Waals surface area contributed by atoms with Gasteiger partial charge in [-0.1, -0.05) is 23.2 Å². The second-order valence-corrected chi connectivity index (χ2v) is 6.72. The number of rotatable bonds is 6. The number of carbonyl (C=O) groups is 1. The highest BCUT2D eigenvalue weighted by Crippen LogP contribution is 2.31. The summed E-state index contributed by atoms with van der Waals surface area (Å²) in [6, 6.07) is 7.99. The summed E-state index contributed by atoms with van der Waals surface area (Å²) in [5, 5.41) is 14.4. The molecule has 25 heavy (non-hydrogen) atoms. The Morgan fingerprint density at radius 1 is 1.32 bits per heavy atom. The Bertz CT molecular complexity index is 815. The van der Waals surface area contributed by atoms with Crippen molar-refractivity contribution in [2.75, 3.05) is 13.7 Å². The van der Waals surface area contributed by atoms with Crippen molar-refractivity contribution in [2.24, 2.45) is 5.10 Å². The largest absolute Gasteiger partial charge is 0.504 e. The van der Waals surface area contributed by atoms with Crippen molar-refractivity contribution in [2.45, 2.75) is 0 Å². The van der Waals surface area contributed by atoms with Gasteiger partial charge >= 0.3 is 0 Å². The second-order valence-electron chi connectivity index (χ2n) is 4.71. The molecule has 0 aliphatic heterocycles. The molecular formula is C16H13Cl2IN2O4. The summed E-state index contributed by atoms with van der Waals surface area (Å²) in [6.45, 7) is -0.255. The van der Waals surface area contributed by atoms with Gasteiger partial charge in [0.2, 0.25) is 0 Å². The molecule has 0 fully saturated rings. The van der Waals surface area contributed by atoms with Gasteiger partial charge in [0.25, 0.3) is 5.91 Å². The first-order chi connectivity index (χ1) is 11.9. The van der Waals surface area contributed by atoms with Crippen molar-refractivity contribution in [3.63, 3.8) is 0 Å². The number of ether oxygens (including phenoxy) is 2. The molecule has 0 aliphatic rings. The van der Waals surface area contributed by atoms with Gasteiger partial charge in [-0.3, -0.25) is 4.79 Å². The zero-order valence-electron chi connectivity index (χ0n) is 12.9. The zero-order valence-corrected chi connectivity index (χ0v) is 16.6. The Kier molecular flexibility index (Phi) is 7.15. The van der Waals surface area contributed by atoms with Crippen LogP contribution in [0.5, 0.6) is 17.2 Å². The number of phenolic OH excluding ortho intramolecular Hbond substituents is 1. The lowest BCUT2D eigenvalue weighted by atomic mass is 10.2. The van der Waals surface area contributed by atoms with E-state index in [4.69, 9.17) is 32.7 Å². The van der Waals surface area contributed by atoms with Crippen LogP contribution in [0, 0.1) is 3.57 Å². The van der Waals surface area contributed by atoms with Crippen LogP contribution in [0.3, 0.4) is 0 Å². The predicted octanol–water partition coefficient (Wildman–Crippen LogP) is 3.84. The molecule has 2 rings (SSSR count). The van der Waals surface area contributed by atoms with Crippen LogP contribution in [0.25, 0.3) is 0 Å². The fourth-order valence-electron chi connectivity index (χ4n) is 1.77. The molecule has 0 heterocycles. The van der Waals surface area contributed by atoms with E-state index in [-0.39, 0.29) is 12.4 Å². The van der Waals surface area contributed by atoms with Crippen LogP contribution in [0.15, 0.2) is 35.4 Å². The van der Waals surface area contributed by atoms with Crippen molar-refractivity contribution < 1.29 is 19.4 Å². The van der Waals surface area contributed by atoms with Crippen molar-refractivity contribution >= 4 is 57.9 Å². The molecule has 0 unspecified atom stereocenters. The highest BCUT2D eigenvalue weighted by atomic mass is 127. The van der Waals surface area contributed by atoms with E-state index in [1.807, 2.05) is 22.6 Å². The number of phenols is 1. The van der Waals surface area contributed by atoms with E-state index >= 15 is 0 Å². The first-order valence-corrected chi connectivity index (χ1v) is 8.70. The van der Waals surface area contributed by atoms with E-state index in [2.05, 4.69) is 10.5 Å². The number of carbonyl (C=O) groups excluding carboxylic acids is 1. The summed E-state index contributed by atoms with van der Waals surface area (Å²) in [5.41, 5.74) is 2.99. The van der Waals surface area contributed by atoms with Crippen molar-refractivity contribution in [3.05, 3.63) is 49.5 Å². The summed E-state index contributed by atoms with van der Waals surface area (Å²) in [7, 11) is 1.45. The minimum absolute atomic E-state index is 0.0533. The lowest BCUT2D eigenvalue weighted by Crippen LogP contribution is -2.24. The van der Waals surface area contributed by atoms with Crippen LogP contribution in [0.2, 0.25) is 10.0 Å². The van der Waals surface area contributed by atoms with E-state index < -0.39 is 5.91 Å². The Morgan fingerprint density at radius 3 is 2.76 bits per heavy atom. The number of hydrogen-bond donors (Lipinski definition) is 2. The van der Waals surface area contributed by atoms with Crippen LogP contribution < -0.4 is 14.9 Å². The molecule has 0 aliphatic carbocycles. The molecular weight excluding hydrogens is 482 g/mol. The normalized spacial score (nSPS) is 10.7. The maximum Gasteiger partial charge on any atom is 0.277 e. The summed E-state index contributed by atoms with van der Waals surface area (Å²) in [4.78, 5) is 11.7. The number of halogens is 3. The minimum Gasteiger partial charge on any atom is -0.504 e. The predicted molar refractivity (Wildman–Crippen MR) is 105 cm³/mol. The molecule has 0 bridgehead atoms. The molecule has 2 N–H and O–H groups in total. The maximum atomic E-state index is 11.7. The standard InChI is InChI=1S/C16H13Cl2IN2O4/c1-24-14-5-9(4-12(19)16(14)23)7-20-21-15(22)8-25-13-3-2-10(17)6-11(13)18/h2-7,23H,8H2,1H3,(H,21,22)/b20-7+. The van der Waals surface area contributed by atoms with Crippen LogP contribution in [-0.2, 0) is 4.79 Å². The van der Waals surface area contributed by atoms with E-state index in [1.54, 1.807) is 24.3 Å². The Morgan fingerprint density at radius 2 is 2.08 bits per heavy atom. The number of nitrogens with zero attached hydrogens (tertiary/aromatic N) is 1. The molecule has 0 saturated carbocycles. The fraction of sp³-hybridized carbons (Fsp3) is 0.125. The van der Waals surface area contributed by atoms with Crippen molar-refractivity contribution in [1.29, 1.82) is 0 Å². The topological polar surface area (TPSA) is 80.2 Å². The molecule has 6 nitrogen and oxygen atoms in total. The monoisotopic (exact) mass is 494 g/mol. The Hall–Kier alpha value is -1.71. The first kappa shape index (κ1) is 19.6. The third-order valence-electron chi connectivity index (χ3n) is 2.93. The minimum atomic E-state index is -0.456. The van der Waals surface area contributed by atoms with Gasteiger partial charge in [0, 0.05) is 5.02 Å². The van der Waals surface area contributed by atoms with Crippen molar-refractivity contribution in [3.8, 4) is 17.2 Å². The molecule has 0 spiro atoms. The number of methoxy groups -OCH3 is 1. The van der Waals surface area contributed by atoms with Crippen LogP contribution in [0.4, 0.5) is 0 Å². The summed E-state index contributed by atoms with van der Waals surface area (Å²) < 4.78 is 11.0. The van der Waals surface area contributed by atoms with Gasteiger partial charge in [0.1, 0.15) is 5.75 Å². The smallest absolute Gasteiger partial charge is 0.277 e. The second kappa shape index (κ2) is 9.12. The Labute approximate surface area is 167 Å². The molecule has 0 aromatic heterocycles. The molecule has 0 radical (unpaired) electrons. The molecule has 2 aromatic rings. The van der Waals surface area contributed by atoms with Gasteiger partial charge in [-0.25, -0.2) is 5.43 Å².